The first kappa shape index (κ1) is 20.2. The molecule has 4 aromatic rings. The molecule has 0 radical (unpaired) electrons. The predicted octanol–water partition coefficient (Wildman–Crippen LogP) is 6.63. The van der Waals surface area contributed by atoms with E-state index >= 15 is 0 Å². The minimum Gasteiger partial charge on any atom is -0.459 e. The number of aryl methyl sites for hydroxylation is 1. The van der Waals surface area contributed by atoms with E-state index in [1.165, 1.54) is 31.2 Å². The Morgan fingerprint density at radius 2 is 1.91 bits per heavy atom. The molecule has 1 amide bonds. The Morgan fingerprint density at radius 1 is 1.12 bits per heavy atom. The summed E-state index contributed by atoms with van der Waals surface area (Å²) in [4.78, 5) is 17.2. The molecule has 1 fully saturated rings. The maximum absolute atomic E-state index is 13.6. The van der Waals surface area contributed by atoms with Gasteiger partial charge in [0.2, 0.25) is 0 Å². The molecule has 0 spiro atoms. The Hall–Kier alpha value is -3.67. The second kappa shape index (κ2) is 8.46. The molecular formula is C26H24FN3O2. The van der Waals surface area contributed by atoms with Crippen LogP contribution in [-0.4, -0.2) is 15.5 Å². The highest BCUT2D eigenvalue weighted by molar-refractivity contribution is 6.02. The van der Waals surface area contributed by atoms with Crippen molar-refractivity contribution in [3.63, 3.8) is 0 Å². The molecule has 2 aromatic heterocycles. The smallest absolute Gasteiger partial charge is 0.291 e. The molecule has 1 aliphatic rings. The summed E-state index contributed by atoms with van der Waals surface area (Å²) in [6.45, 7) is 2.05. The average molecular weight is 429 g/mol. The standard InChI is InChI=1S/C26H24FN3O2/c1-17-8-13-20(29-26(31)23-7-4-14-32-23)15-22(17)25-24(18-9-11-19(27)12-10-18)28-16-30(25)21-5-2-3-6-21/h4,7-16,21H,2-3,5-6H2,1H3,(H,29,31). The van der Waals surface area contributed by atoms with Gasteiger partial charge in [0.1, 0.15) is 5.82 Å². The first-order valence-electron chi connectivity index (χ1n) is 10.9. The van der Waals surface area contributed by atoms with E-state index in [9.17, 15) is 9.18 Å². The lowest BCUT2D eigenvalue weighted by molar-refractivity contribution is 0.0996. The summed E-state index contributed by atoms with van der Waals surface area (Å²) >= 11 is 0. The van der Waals surface area contributed by atoms with Crippen molar-refractivity contribution in [2.24, 2.45) is 0 Å². The number of hydrogen-bond donors (Lipinski definition) is 1. The number of imidazole rings is 1. The van der Waals surface area contributed by atoms with Crippen LogP contribution in [0.5, 0.6) is 0 Å². The highest BCUT2D eigenvalue weighted by Gasteiger charge is 2.24. The zero-order chi connectivity index (χ0) is 22.1. The van der Waals surface area contributed by atoms with Gasteiger partial charge in [0.05, 0.1) is 24.0 Å². The number of furan rings is 1. The van der Waals surface area contributed by atoms with E-state index in [0.717, 1.165) is 40.9 Å². The van der Waals surface area contributed by atoms with Gasteiger partial charge < -0.3 is 14.3 Å². The normalized spacial score (nSPS) is 14.1. The van der Waals surface area contributed by atoms with Crippen LogP contribution in [0.4, 0.5) is 10.1 Å². The third-order valence-corrected chi connectivity index (χ3v) is 6.13. The summed E-state index contributed by atoms with van der Waals surface area (Å²) in [6, 6.07) is 16.0. The minimum absolute atomic E-state index is 0.259. The van der Waals surface area contributed by atoms with Gasteiger partial charge in [-0.2, -0.15) is 0 Å². The summed E-state index contributed by atoms with van der Waals surface area (Å²) < 4.78 is 21.0. The number of anilines is 1. The zero-order valence-corrected chi connectivity index (χ0v) is 17.8. The molecule has 0 saturated heterocycles. The van der Waals surface area contributed by atoms with Crippen LogP contribution in [-0.2, 0) is 0 Å². The molecule has 1 N–H and O–H groups in total. The van der Waals surface area contributed by atoms with Crippen molar-refractivity contribution >= 4 is 11.6 Å². The summed E-state index contributed by atoms with van der Waals surface area (Å²) in [5, 5.41) is 2.92. The molecule has 2 heterocycles. The van der Waals surface area contributed by atoms with Gasteiger partial charge in [-0.05, 0) is 73.9 Å². The molecule has 32 heavy (non-hydrogen) atoms. The molecule has 0 unspecified atom stereocenters. The molecule has 0 bridgehead atoms. The van der Waals surface area contributed by atoms with Gasteiger partial charge >= 0.3 is 0 Å². The molecule has 0 aliphatic heterocycles. The van der Waals surface area contributed by atoms with E-state index in [2.05, 4.69) is 9.88 Å². The number of carbonyl (C=O) groups excluding carboxylic acids is 1. The number of hydrogen-bond acceptors (Lipinski definition) is 3. The van der Waals surface area contributed by atoms with Gasteiger partial charge in [-0.25, -0.2) is 9.37 Å². The van der Waals surface area contributed by atoms with Crippen molar-refractivity contribution < 1.29 is 13.6 Å². The molecule has 5 rings (SSSR count). The Bertz CT molecular complexity index is 1240. The van der Waals surface area contributed by atoms with E-state index in [-0.39, 0.29) is 17.5 Å². The van der Waals surface area contributed by atoms with E-state index in [1.54, 1.807) is 24.3 Å². The van der Waals surface area contributed by atoms with E-state index in [0.29, 0.717) is 11.7 Å². The molecular weight excluding hydrogens is 405 g/mol. The van der Waals surface area contributed by atoms with Crippen molar-refractivity contribution in [3.8, 4) is 22.5 Å². The van der Waals surface area contributed by atoms with Gasteiger partial charge in [0, 0.05) is 22.9 Å². The van der Waals surface area contributed by atoms with Crippen LogP contribution in [0.2, 0.25) is 0 Å². The topological polar surface area (TPSA) is 60.1 Å². The molecule has 5 nitrogen and oxygen atoms in total. The maximum Gasteiger partial charge on any atom is 0.291 e. The van der Waals surface area contributed by atoms with E-state index < -0.39 is 0 Å². The fourth-order valence-electron chi connectivity index (χ4n) is 4.46. The average Bonchev–Trinajstić information content (AvgIpc) is 3.56. The van der Waals surface area contributed by atoms with Crippen LogP contribution in [0, 0.1) is 12.7 Å². The number of rotatable bonds is 5. The van der Waals surface area contributed by atoms with Crippen molar-refractivity contribution in [3.05, 3.63) is 84.3 Å². The summed E-state index contributed by atoms with van der Waals surface area (Å²) in [5.41, 5.74) is 5.42. The number of nitrogens with one attached hydrogen (secondary N) is 1. The van der Waals surface area contributed by atoms with Gasteiger partial charge in [0.15, 0.2) is 5.76 Å². The summed E-state index contributed by atoms with van der Waals surface area (Å²) in [7, 11) is 0. The van der Waals surface area contributed by atoms with Crippen molar-refractivity contribution in [2.75, 3.05) is 5.32 Å². The lowest BCUT2D eigenvalue weighted by Gasteiger charge is -2.19. The number of amides is 1. The monoisotopic (exact) mass is 429 g/mol. The second-order valence-corrected chi connectivity index (χ2v) is 8.26. The van der Waals surface area contributed by atoms with Crippen LogP contribution in [0.15, 0.2) is 71.6 Å². The summed E-state index contributed by atoms with van der Waals surface area (Å²) in [6.07, 6.45) is 8.00. The Morgan fingerprint density at radius 3 is 2.62 bits per heavy atom. The number of carbonyl (C=O) groups is 1. The first-order valence-corrected chi connectivity index (χ1v) is 10.9. The largest absolute Gasteiger partial charge is 0.459 e. The molecule has 2 aromatic carbocycles. The van der Waals surface area contributed by atoms with E-state index in [1.807, 2.05) is 31.5 Å². The highest BCUT2D eigenvalue weighted by atomic mass is 19.1. The third kappa shape index (κ3) is 3.84. The Kier molecular flexibility index (Phi) is 5.35. The number of halogens is 1. The quantitative estimate of drug-likeness (QED) is 0.388. The fraction of sp³-hybridized carbons (Fsp3) is 0.231. The minimum atomic E-state index is -0.298. The van der Waals surface area contributed by atoms with Crippen molar-refractivity contribution in [1.82, 2.24) is 9.55 Å². The molecule has 6 heteroatoms. The highest BCUT2D eigenvalue weighted by Crippen LogP contribution is 2.40. The number of nitrogens with zero attached hydrogens (tertiary/aromatic N) is 2. The SMILES string of the molecule is Cc1ccc(NC(=O)c2ccco2)cc1-c1c(-c2ccc(F)cc2)ncn1C1CCCC1. The van der Waals surface area contributed by atoms with Gasteiger partial charge in [-0.15, -0.1) is 0 Å². The van der Waals surface area contributed by atoms with Crippen LogP contribution in [0.3, 0.4) is 0 Å². The number of benzene rings is 2. The number of aromatic nitrogens is 2. The Labute approximate surface area is 185 Å². The van der Waals surface area contributed by atoms with Crippen LogP contribution in [0.25, 0.3) is 22.5 Å². The van der Waals surface area contributed by atoms with E-state index in [4.69, 9.17) is 9.40 Å². The lowest BCUT2D eigenvalue weighted by Crippen LogP contribution is -2.11. The van der Waals surface area contributed by atoms with Crippen molar-refractivity contribution in [1.29, 1.82) is 0 Å². The maximum atomic E-state index is 13.6. The van der Waals surface area contributed by atoms with Gasteiger partial charge in [-0.1, -0.05) is 18.9 Å². The van der Waals surface area contributed by atoms with Gasteiger partial charge in [0.25, 0.3) is 5.91 Å². The lowest BCUT2D eigenvalue weighted by atomic mass is 9.99. The molecule has 1 aliphatic carbocycles. The summed E-state index contributed by atoms with van der Waals surface area (Å²) in [5.74, 6) is -0.313. The second-order valence-electron chi connectivity index (χ2n) is 8.26. The van der Waals surface area contributed by atoms with Gasteiger partial charge in [-0.3, -0.25) is 4.79 Å². The van der Waals surface area contributed by atoms with Crippen molar-refractivity contribution in [2.45, 2.75) is 38.6 Å². The fourth-order valence-corrected chi connectivity index (χ4v) is 4.46. The molecule has 162 valence electrons. The predicted molar refractivity (Wildman–Crippen MR) is 122 cm³/mol. The Balaban J connectivity index is 1.60. The van der Waals surface area contributed by atoms with Crippen LogP contribution >= 0.6 is 0 Å². The molecule has 0 atom stereocenters. The molecule has 1 saturated carbocycles. The van der Waals surface area contributed by atoms with Crippen LogP contribution < -0.4 is 5.32 Å². The third-order valence-electron chi connectivity index (χ3n) is 6.13. The van der Waals surface area contributed by atoms with Crippen LogP contribution in [0.1, 0.15) is 47.8 Å². The zero-order valence-electron chi connectivity index (χ0n) is 17.8. The first-order chi connectivity index (χ1) is 15.6.